The SMILES string of the molecule is COc1ccccc1NC(=O)[C@H](C)N1C(=O)[C@@H]2[C@H]3C[C@@H]([C@H](Br)[C@H]3Br)[C@@H]2C1=O. The monoisotopic (exact) mass is 498 g/mol. The molecule has 2 saturated carbocycles. The van der Waals surface area contributed by atoms with E-state index in [2.05, 4.69) is 37.2 Å². The second-order valence-corrected chi connectivity index (χ2v) is 9.53. The van der Waals surface area contributed by atoms with E-state index in [0.29, 0.717) is 11.4 Å². The van der Waals surface area contributed by atoms with Gasteiger partial charge in [0.1, 0.15) is 11.8 Å². The molecule has 1 aromatic carbocycles. The van der Waals surface area contributed by atoms with E-state index >= 15 is 0 Å². The van der Waals surface area contributed by atoms with Gasteiger partial charge in [0.05, 0.1) is 24.6 Å². The number of halogens is 2. The number of fused-ring (bicyclic) bond motifs is 5. The maximum absolute atomic E-state index is 13.0. The number of hydrogen-bond donors (Lipinski definition) is 1. The average Bonchev–Trinajstić information content (AvgIpc) is 3.26. The lowest BCUT2D eigenvalue weighted by Gasteiger charge is -2.28. The van der Waals surface area contributed by atoms with Gasteiger partial charge < -0.3 is 10.1 Å². The first kappa shape index (κ1) is 18.9. The molecule has 3 fully saturated rings. The Morgan fingerprint density at radius 3 is 2.26 bits per heavy atom. The van der Waals surface area contributed by atoms with Crippen LogP contribution in [0.3, 0.4) is 0 Å². The van der Waals surface area contributed by atoms with E-state index in [-0.39, 0.29) is 45.1 Å². The number of benzene rings is 1. The molecule has 1 N–H and O–H groups in total. The molecular weight excluding hydrogens is 480 g/mol. The first-order valence-corrected chi connectivity index (χ1v) is 10.8. The lowest BCUT2D eigenvalue weighted by molar-refractivity contribution is -0.146. The van der Waals surface area contributed by atoms with Crippen LogP contribution in [0.2, 0.25) is 0 Å². The largest absolute Gasteiger partial charge is 0.495 e. The van der Waals surface area contributed by atoms with Crippen LogP contribution in [0.25, 0.3) is 0 Å². The van der Waals surface area contributed by atoms with Crippen LogP contribution in [0.4, 0.5) is 5.69 Å². The van der Waals surface area contributed by atoms with Crippen molar-refractivity contribution in [2.24, 2.45) is 23.7 Å². The number of anilines is 1. The molecule has 1 aromatic rings. The van der Waals surface area contributed by atoms with Crippen LogP contribution in [-0.4, -0.2) is 45.4 Å². The highest BCUT2D eigenvalue weighted by Crippen LogP contribution is 2.60. The van der Waals surface area contributed by atoms with Gasteiger partial charge in [-0.15, -0.1) is 0 Å². The standard InChI is InChI=1S/C19H20Br2N2O4/c1-8(17(24)22-11-5-3-4-6-12(11)27-2)23-18(25)13-9-7-10(14(13)19(23)26)16(21)15(9)20/h3-6,8-10,13-16H,7H2,1-2H3,(H,22,24)/t8-,9+,10+,13-,14+,15-,16-/m0/s1. The molecule has 1 heterocycles. The molecule has 2 aliphatic carbocycles. The van der Waals surface area contributed by atoms with Gasteiger partial charge in [-0.25, -0.2) is 0 Å². The first-order chi connectivity index (χ1) is 12.9. The number of rotatable bonds is 4. The summed E-state index contributed by atoms with van der Waals surface area (Å²) in [5.74, 6) is -0.682. The highest BCUT2D eigenvalue weighted by atomic mass is 79.9. The second kappa shape index (κ2) is 6.88. The Hall–Kier alpha value is -1.41. The first-order valence-electron chi connectivity index (χ1n) is 8.95. The predicted molar refractivity (Wildman–Crippen MR) is 107 cm³/mol. The highest BCUT2D eigenvalue weighted by molar-refractivity contribution is 9.12. The van der Waals surface area contributed by atoms with Gasteiger partial charge in [0.15, 0.2) is 0 Å². The Labute approximate surface area is 174 Å². The Kier molecular flexibility index (Phi) is 4.83. The topological polar surface area (TPSA) is 75.7 Å². The number of para-hydroxylation sites is 2. The summed E-state index contributed by atoms with van der Waals surface area (Å²) in [6.07, 6.45) is 0.869. The summed E-state index contributed by atoms with van der Waals surface area (Å²) in [7, 11) is 1.52. The smallest absolute Gasteiger partial charge is 0.247 e. The van der Waals surface area contributed by atoms with E-state index in [1.807, 2.05) is 0 Å². The van der Waals surface area contributed by atoms with Gasteiger partial charge in [-0.1, -0.05) is 44.0 Å². The van der Waals surface area contributed by atoms with Crippen LogP contribution in [0.1, 0.15) is 13.3 Å². The molecule has 1 saturated heterocycles. The van der Waals surface area contributed by atoms with Crippen LogP contribution in [0.15, 0.2) is 24.3 Å². The molecule has 2 bridgehead atoms. The minimum Gasteiger partial charge on any atom is -0.495 e. The van der Waals surface area contributed by atoms with Crippen molar-refractivity contribution in [3.8, 4) is 5.75 Å². The van der Waals surface area contributed by atoms with Crippen molar-refractivity contribution in [3.63, 3.8) is 0 Å². The summed E-state index contributed by atoms with van der Waals surface area (Å²) in [6, 6.07) is 6.17. The Bertz CT molecular complexity index is 785. The summed E-state index contributed by atoms with van der Waals surface area (Å²) in [5.41, 5.74) is 0.511. The molecule has 0 radical (unpaired) electrons. The number of carbonyl (C=O) groups excluding carboxylic acids is 3. The zero-order valence-electron chi connectivity index (χ0n) is 14.9. The number of hydrogen-bond acceptors (Lipinski definition) is 4. The Balaban J connectivity index is 1.54. The van der Waals surface area contributed by atoms with Crippen molar-refractivity contribution in [2.75, 3.05) is 12.4 Å². The van der Waals surface area contributed by atoms with Crippen LogP contribution < -0.4 is 10.1 Å². The molecular formula is C19H20Br2N2O4. The Morgan fingerprint density at radius 1 is 1.15 bits per heavy atom. The predicted octanol–water partition coefficient (Wildman–Crippen LogP) is 2.80. The van der Waals surface area contributed by atoms with E-state index in [4.69, 9.17) is 4.74 Å². The molecule has 1 aliphatic heterocycles. The summed E-state index contributed by atoms with van der Waals surface area (Å²) in [5, 5.41) is 2.77. The molecule has 8 heteroatoms. The molecule has 7 atom stereocenters. The van der Waals surface area contributed by atoms with Crippen LogP contribution >= 0.6 is 31.9 Å². The van der Waals surface area contributed by atoms with Crippen molar-refractivity contribution in [1.29, 1.82) is 0 Å². The fourth-order valence-electron chi connectivity index (χ4n) is 4.86. The number of amides is 3. The number of nitrogens with zero attached hydrogens (tertiary/aromatic N) is 1. The number of alkyl halides is 2. The highest BCUT2D eigenvalue weighted by Gasteiger charge is 2.67. The molecule has 0 spiro atoms. The van der Waals surface area contributed by atoms with Gasteiger partial charge in [-0.05, 0) is 37.3 Å². The fraction of sp³-hybridized carbons (Fsp3) is 0.526. The van der Waals surface area contributed by atoms with Crippen molar-refractivity contribution < 1.29 is 19.1 Å². The van der Waals surface area contributed by atoms with Crippen molar-refractivity contribution in [3.05, 3.63) is 24.3 Å². The molecule has 144 valence electrons. The number of nitrogens with one attached hydrogen (secondary N) is 1. The van der Waals surface area contributed by atoms with Gasteiger partial charge in [0.25, 0.3) is 0 Å². The Morgan fingerprint density at radius 2 is 1.70 bits per heavy atom. The number of ether oxygens (including phenoxy) is 1. The summed E-state index contributed by atoms with van der Waals surface area (Å²) < 4.78 is 5.24. The quantitative estimate of drug-likeness (QED) is 0.510. The van der Waals surface area contributed by atoms with Crippen LogP contribution in [0.5, 0.6) is 5.75 Å². The van der Waals surface area contributed by atoms with E-state index in [0.717, 1.165) is 6.42 Å². The molecule has 27 heavy (non-hydrogen) atoms. The van der Waals surface area contributed by atoms with Crippen LogP contribution in [0, 0.1) is 23.7 Å². The number of methoxy groups -OCH3 is 1. The molecule has 3 aliphatic rings. The van der Waals surface area contributed by atoms with Gasteiger partial charge in [-0.2, -0.15) is 0 Å². The average molecular weight is 500 g/mol. The van der Waals surface area contributed by atoms with Crippen molar-refractivity contribution in [1.82, 2.24) is 4.90 Å². The lowest BCUT2D eigenvalue weighted by atomic mass is 9.81. The van der Waals surface area contributed by atoms with E-state index in [9.17, 15) is 14.4 Å². The molecule has 0 unspecified atom stereocenters. The maximum Gasteiger partial charge on any atom is 0.247 e. The van der Waals surface area contributed by atoms with E-state index in [1.165, 1.54) is 12.0 Å². The summed E-state index contributed by atoms with van der Waals surface area (Å²) in [6.45, 7) is 1.60. The van der Waals surface area contributed by atoms with Crippen LogP contribution in [-0.2, 0) is 14.4 Å². The van der Waals surface area contributed by atoms with E-state index < -0.39 is 11.9 Å². The summed E-state index contributed by atoms with van der Waals surface area (Å²) in [4.78, 5) is 40.3. The number of imide groups is 1. The zero-order chi connectivity index (χ0) is 19.5. The lowest BCUT2D eigenvalue weighted by Crippen LogP contribution is -2.46. The third-order valence-corrected chi connectivity index (χ3v) is 9.36. The molecule has 6 nitrogen and oxygen atoms in total. The zero-order valence-corrected chi connectivity index (χ0v) is 18.1. The van der Waals surface area contributed by atoms with Gasteiger partial charge in [0, 0.05) is 9.65 Å². The molecule has 3 amide bonds. The minimum atomic E-state index is -0.873. The normalized spacial score (nSPS) is 35.3. The van der Waals surface area contributed by atoms with Crippen molar-refractivity contribution >= 4 is 55.3 Å². The third kappa shape index (κ3) is 2.75. The fourth-order valence-corrected chi connectivity index (χ4v) is 6.73. The maximum atomic E-state index is 13.0. The molecule has 4 rings (SSSR count). The van der Waals surface area contributed by atoms with Gasteiger partial charge >= 0.3 is 0 Å². The summed E-state index contributed by atoms with van der Waals surface area (Å²) >= 11 is 7.34. The third-order valence-electron chi connectivity index (χ3n) is 6.15. The van der Waals surface area contributed by atoms with Crippen molar-refractivity contribution in [2.45, 2.75) is 29.0 Å². The number of likely N-dealkylation sites (tertiary alicyclic amines) is 1. The van der Waals surface area contributed by atoms with Gasteiger partial charge in [0.2, 0.25) is 17.7 Å². The molecule has 0 aromatic heterocycles. The second-order valence-electron chi connectivity index (χ2n) is 7.42. The van der Waals surface area contributed by atoms with E-state index in [1.54, 1.807) is 31.2 Å². The minimum absolute atomic E-state index is 0.135. The number of carbonyl (C=O) groups is 3. The van der Waals surface area contributed by atoms with Gasteiger partial charge in [-0.3, -0.25) is 19.3 Å².